The summed E-state index contributed by atoms with van der Waals surface area (Å²) in [5, 5.41) is 2.44. The van der Waals surface area contributed by atoms with Crippen molar-refractivity contribution >= 4 is 40.1 Å². The van der Waals surface area contributed by atoms with E-state index in [0.717, 1.165) is 17.1 Å². The molecule has 1 heterocycles. The van der Waals surface area contributed by atoms with Gasteiger partial charge in [-0.25, -0.2) is 0 Å². The monoisotopic (exact) mass is 520 g/mol. The lowest BCUT2D eigenvalue weighted by atomic mass is 10.2. The van der Waals surface area contributed by atoms with E-state index in [4.69, 9.17) is 21.7 Å². The summed E-state index contributed by atoms with van der Waals surface area (Å²) in [5.74, 6) is 2.96. The van der Waals surface area contributed by atoms with E-state index < -0.39 is 5.25 Å². The molecule has 1 saturated heterocycles. The first-order valence-electron chi connectivity index (χ1n) is 11.8. The van der Waals surface area contributed by atoms with Crippen molar-refractivity contribution in [3.63, 3.8) is 0 Å². The minimum absolute atomic E-state index is 0.0741. The molecule has 0 radical (unpaired) electrons. The standard InChI is InChI=1S/C28H28N2O4S2/c1-19(2)18-30-27(32)25(36-28(30)35)16-26(31)29-17-20-8-10-22(11-9-20)34-24-14-12-23(13-15-24)33-21-6-4-3-5-7-21/h3-15,19,25H,16-18H2,1-2H3,(H,29,31). The van der Waals surface area contributed by atoms with Crippen LogP contribution in [0.3, 0.4) is 0 Å². The first kappa shape index (κ1) is 25.7. The Kier molecular flexibility index (Phi) is 8.61. The van der Waals surface area contributed by atoms with Crippen molar-refractivity contribution < 1.29 is 19.1 Å². The van der Waals surface area contributed by atoms with Gasteiger partial charge in [-0.2, -0.15) is 0 Å². The number of ether oxygens (including phenoxy) is 2. The van der Waals surface area contributed by atoms with Gasteiger partial charge in [0, 0.05) is 19.5 Å². The zero-order chi connectivity index (χ0) is 25.5. The molecule has 1 N–H and O–H groups in total. The second kappa shape index (κ2) is 12.1. The number of amides is 2. The molecule has 0 bridgehead atoms. The predicted octanol–water partition coefficient (Wildman–Crippen LogP) is 6.16. The van der Waals surface area contributed by atoms with Gasteiger partial charge in [0.25, 0.3) is 0 Å². The maximum atomic E-state index is 12.6. The van der Waals surface area contributed by atoms with Crippen molar-refractivity contribution in [3.8, 4) is 23.0 Å². The number of carbonyl (C=O) groups excluding carboxylic acids is 2. The van der Waals surface area contributed by atoms with E-state index in [1.807, 2.05) is 92.7 Å². The number of nitrogens with one attached hydrogen (secondary N) is 1. The van der Waals surface area contributed by atoms with Gasteiger partial charge in [-0.3, -0.25) is 14.5 Å². The van der Waals surface area contributed by atoms with Crippen LogP contribution in [0.15, 0.2) is 78.9 Å². The van der Waals surface area contributed by atoms with E-state index in [1.165, 1.54) is 11.8 Å². The summed E-state index contributed by atoms with van der Waals surface area (Å²) in [6.45, 7) is 5.03. The normalized spacial score (nSPS) is 15.3. The van der Waals surface area contributed by atoms with Crippen molar-refractivity contribution in [2.75, 3.05) is 6.54 Å². The molecule has 4 rings (SSSR count). The van der Waals surface area contributed by atoms with E-state index in [0.29, 0.717) is 34.8 Å². The second-order valence-corrected chi connectivity index (χ2v) is 10.7. The number of thiocarbonyl (C=S) groups is 1. The fourth-order valence-corrected chi connectivity index (χ4v) is 5.12. The van der Waals surface area contributed by atoms with Crippen LogP contribution in [0.5, 0.6) is 23.0 Å². The van der Waals surface area contributed by atoms with Crippen LogP contribution in [0, 0.1) is 5.92 Å². The Bertz CT molecular complexity index is 1200. The number of hydrogen-bond donors (Lipinski definition) is 1. The highest BCUT2D eigenvalue weighted by Gasteiger charge is 2.38. The largest absolute Gasteiger partial charge is 0.457 e. The highest BCUT2D eigenvalue weighted by molar-refractivity contribution is 8.24. The van der Waals surface area contributed by atoms with Crippen LogP contribution in [-0.2, 0) is 16.1 Å². The highest BCUT2D eigenvalue weighted by atomic mass is 32.2. The fraction of sp³-hybridized carbons (Fsp3) is 0.250. The summed E-state index contributed by atoms with van der Waals surface area (Å²) in [6, 6.07) is 24.5. The van der Waals surface area contributed by atoms with Crippen molar-refractivity contribution in [2.45, 2.75) is 32.1 Å². The summed E-state index contributed by atoms with van der Waals surface area (Å²) < 4.78 is 12.3. The summed E-state index contributed by atoms with van der Waals surface area (Å²) in [4.78, 5) is 26.6. The van der Waals surface area contributed by atoms with Gasteiger partial charge in [-0.05, 0) is 60.0 Å². The third-order valence-corrected chi connectivity index (χ3v) is 6.96. The lowest BCUT2D eigenvalue weighted by Crippen LogP contribution is -2.36. The van der Waals surface area contributed by atoms with E-state index in [2.05, 4.69) is 5.32 Å². The summed E-state index contributed by atoms with van der Waals surface area (Å²) in [6.07, 6.45) is 0.114. The van der Waals surface area contributed by atoms with Crippen molar-refractivity contribution in [3.05, 3.63) is 84.4 Å². The number of nitrogens with zero attached hydrogens (tertiary/aromatic N) is 1. The van der Waals surface area contributed by atoms with Crippen LogP contribution in [0.4, 0.5) is 0 Å². The molecule has 2 amide bonds. The van der Waals surface area contributed by atoms with Gasteiger partial charge < -0.3 is 14.8 Å². The van der Waals surface area contributed by atoms with E-state index in [-0.39, 0.29) is 18.2 Å². The third-order valence-electron chi connectivity index (χ3n) is 5.37. The van der Waals surface area contributed by atoms with Crippen molar-refractivity contribution in [1.82, 2.24) is 10.2 Å². The molecule has 1 aliphatic heterocycles. The van der Waals surface area contributed by atoms with Gasteiger partial charge >= 0.3 is 0 Å². The average Bonchev–Trinajstić information content (AvgIpc) is 3.12. The molecule has 0 aliphatic carbocycles. The van der Waals surface area contributed by atoms with Crippen LogP contribution in [-0.4, -0.2) is 32.8 Å². The number of rotatable bonds is 10. The topological polar surface area (TPSA) is 67.9 Å². The van der Waals surface area contributed by atoms with Crippen LogP contribution in [0.1, 0.15) is 25.8 Å². The highest BCUT2D eigenvalue weighted by Crippen LogP contribution is 2.30. The Morgan fingerprint density at radius 2 is 1.44 bits per heavy atom. The number of benzene rings is 3. The first-order chi connectivity index (χ1) is 17.4. The molecule has 1 aliphatic rings. The van der Waals surface area contributed by atoms with Gasteiger partial charge in [0.2, 0.25) is 11.8 Å². The van der Waals surface area contributed by atoms with E-state index >= 15 is 0 Å². The maximum absolute atomic E-state index is 12.6. The molecule has 0 saturated carbocycles. The van der Waals surface area contributed by atoms with E-state index in [1.54, 1.807) is 4.90 Å². The summed E-state index contributed by atoms with van der Waals surface area (Å²) >= 11 is 6.62. The van der Waals surface area contributed by atoms with Gasteiger partial charge in [-0.15, -0.1) is 0 Å². The summed E-state index contributed by atoms with van der Waals surface area (Å²) in [5.41, 5.74) is 0.935. The predicted molar refractivity (Wildman–Crippen MR) is 146 cm³/mol. The number of hydrogen-bond acceptors (Lipinski definition) is 6. The zero-order valence-corrected chi connectivity index (χ0v) is 21.8. The molecule has 186 valence electrons. The van der Waals surface area contributed by atoms with Gasteiger partial charge in [-0.1, -0.05) is 68.2 Å². The Morgan fingerprint density at radius 3 is 2.00 bits per heavy atom. The molecule has 3 aromatic carbocycles. The maximum Gasteiger partial charge on any atom is 0.242 e. The van der Waals surface area contributed by atoms with E-state index in [9.17, 15) is 9.59 Å². The average molecular weight is 521 g/mol. The Morgan fingerprint density at radius 1 is 0.917 bits per heavy atom. The van der Waals surface area contributed by atoms with Crippen LogP contribution < -0.4 is 14.8 Å². The Labute approximate surface area is 221 Å². The molecule has 0 spiro atoms. The SMILES string of the molecule is CC(C)CN1C(=O)C(CC(=O)NCc2ccc(Oc3ccc(Oc4ccccc4)cc3)cc2)SC1=S. The number of thioether (sulfide) groups is 1. The molecule has 36 heavy (non-hydrogen) atoms. The minimum atomic E-state index is -0.448. The molecule has 1 fully saturated rings. The van der Waals surface area contributed by atoms with Crippen molar-refractivity contribution in [1.29, 1.82) is 0 Å². The minimum Gasteiger partial charge on any atom is -0.457 e. The van der Waals surface area contributed by atoms with Crippen LogP contribution >= 0.6 is 24.0 Å². The molecule has 1 atom stereocenters. The Hall–Kier alpha value is -3.36. The first-order valence-corrected chi connectivity index (χ1v) is 13.0. The molecule has 3 aromatic rings. The zero-order valence-electron chi connectivity index (χ0n) is 20.2. The third kappa shape index (κ3) is 7.08. The lowest BCUT2D eigenvalue weighted by molar-refractivity contribution is -0.129. The smallest absolute Gasteiger partial charge is 0.242 e. The fourth-order valence-electron chi connectivity index (χ4n) is 3.61. The Balaban J connectivity index is 1.23. The molecular formula is C28H28N2O4S2. The quantitative estimate of drug-likeness (QED) is 0.323. The van der Waals surface area contributed by atoms with Gasteiger partial charge in [0.1, 0.15) is 27.3 Å². The second-order valence-electron chi connectivity index (χ2n) is 8.83. The molecular weight excluding hydrogens is 492 g/mol. The molecule has 8 heteroatoms. The number of carbonyl (C=O) groups is 2. The van der Waals surface area contributed by atoms with Crippen LogP contribution in [0.2, 0.25) is 0 Å². The molecule has 0 aromatic heterocycles. The van der Waals surface area contributed by atoms with Gasteiger partial charge in [0.15, 0.2) is 0 Å². The molecule has 1 unspecified atom stereocenters. The van der Waals surface area contributed by atoms with Gasteiger partial charge in [0.05, 0.1) is 5.25 Å². The van der Waals surface area contributed by atoms with Crippen molar-refractivity contribution in [2.24, 2.45) is 5.92 Å². The lowest BCUT2D eigenvalue weighted by Gasteiger charge is -2.17. The summed E-state index contributed by atoms with van der Waals surface area (Å²) in [7, 11) is 0. The molecule has 6 nitrogen and oxygen atoms in total. The van der Waals surface area contributed by atoms with Crippen LogP contribution in [0.25, 0.3) is 0 Å². The number of para-hydroxylation sites is 1.